The molecule has 0 fully saturated rings. The van der Waals surface area contributed by atoms with Crippen LogP contribution in [0, 0.1) is 5.82 Å². The van der Waals surface area contributed by atoms with E-state index in [0.29, 0.717) is 25.3 Å². The molecule has 0 bridgehead atoms. The highest BCUT2D eigenvalue weighted by Gasteiger charge is 2.24. The number of halogens is 2. The molecule has 0 spiro atoms. The summed E-state index contributed by atoms with van der Waals surface area (Å²) in [6, 6.07) is 3.99. The normalized spacial score (nSPS) is 11.0. The monoisotopic (exact) mass is 399 g/mol. The number of hydrogen-bond acceptors (Lipinski definition) is 8. The van der Waals surface area contributed by atoms with E-state index in [4.69, 9.17) is 10.5 Å². The van der Waals surface area contributed by atoms with Gasteiger partial charge in [-0.3, -0.25) is 4.52 Å². The van der Waals surface area contributed by atoms with Crippen LogP contribution in [-0.4, -0.2) is 33.2 Å². The van der Waals surface area contributed by atoms with Gasteiger partial charge in [0.25, 0.3) is 5.88 Å². The van der Waals surface area contributed by atoms with Crippen molar-refractivity contribution in [3.8, 4) is 23.1 Å². The van der Waals surface area contributed by atoms with Crippen molar-refractivity contribution in [3.63, 3.8) is 0 Å². The lowest BCUT2D eigenvalue weighted by molar-refractivity contribution is 0.254. The van der Waals surface area contributed by atoms with Crippen molar-refractivity contribution < 1.29 is 18.3 Å². The fraction of sp³-hybridized carbons (Fsp3) is 0.231. The summed E-state index contributed by atoms with van der Waals surface area (Å²) in [5, 5.41) is 11.0. The SMILES string of the molecule is NCCCOc1nonc1-c1noc(=O)n1-c1ccc(F)c(Br)c1. The molecule has 0 aliphatic rings. The van der Waals surface area contributed by atoms with Gasteiger partial charge in [-0.05, 0) is 57.4 Å². The largest absolute Gasteiger partial charge is 0.474 e. The van der Waals surface area contributed by atoms with Gasteiger partial charge in [0.1, 0.15) is 5.82 Å². The number of benzene rings is 1. The molecule has 0 radical (unpaired) electrons. The van der Waals surface area contributed by atoms with Gasteiger partial charge in [-0.2, -0.15) is 0 Å². The first kappa shape index (κ1) is 16.3. The number of nitrogens with zero attached hydrogens (tertiary/aromatic N) is 4. The second kappa shape index (κ2) is 6.93. The molecular weight excluding hydrogens is 389 g/mol. The first-order valence-corrected chi connectivity index (χ1v) is 7.61. The Kier molecular flexibility index (Phi) is 4.71. The maximum absolute atomic E-state index is 13.4. The van der Waals surface area contributed by atoms with Gasteiger partial charge in [-0.1, -0.05) is 5.16 Å². The molecular formula is C13H11BrFN5O4. The van der Waals surface area contributed by atoms with Crippen LogP contribution in [-0.2, 0) is 0 Å². The molecule has 126 valence electrons. The average Bonchev–Trinajstić information content (AvgIpc) is 3.17. The minimum Gasteiger partial charge on any atom is -0.474 e. The molecule has 0 amide bonds. The van der Waals surface area contributed by atoms with Gasteiger partial charge < -0.3 is 10.5 Å². The quantitative estimate of drug-likeness (QED) is 0.618. The Morgan fingerprint density at radius 2 is 2.17 bits per heavy atom. The molecule has 2 heterocycles. The molecule has 1 aromatic carbocycles. The summed E-state index contributed by atoms with van der Waals surface area (Å²) < 4.78 is 29.4. The van der Waals surface area contributed by atoms with E-state index in [0.717, 1.165) is 4.57 Å². The second-order valence-electron chi connectivity index (χ2n) is 4.61. The molecule has 11 heteroatoms. The Bertz CT molecular complexity index is 906. The van der Waals surface area contributed by atoms with Gasteiger partial charge in [0.15, 0.2) is 0 Å². The van der Waals surface area contributed by atoms with Crippen LogP contribution in [0.25, 0.3) is 17.2 Å². The van der Waals surface area contributed by atoms with Crippen LogP contribution in [0.1, 0.15) is 6.42 Å². The topological polar surface area (TPSA) is 122 Å². The number of rotatable bonds is 6. The van der Waals surface area contributed by atoms with E-state index in [1.807, 2.05) is 0 Å². The van der Waals surface area contributed by atoms with E-state index in [1.54, 1.807) is 0 Å². The lowest BCUT2D eigenvalue weighted by atomic mass is 10.3. The van der Waals surface area contributed by atoms with Crippen molar-refractivity contribution >= 4 is 15.9 Å². The van der Waals surface area contributed by atoms with Crippen molar-refractivity contribution in [2.45, 2.75) is 6.42 Å². The third kappa shape index (κ3) is 3.08. The summed E-state index contributed by atoms with van der Waals surface area (Å²) in [7, 11) is 0. The molecule has 3 rings (SSSR count). The zero-order valence-corrected chi connectivity index (χ0v) is 13.7. The second-order valence-corrected chi connectivity index (χ2v) is 5.47. The summed E-state index contributed by atoms with van der Waals surface area (Å²) in [6.45, 7) is 0.737. The molecule has 0 aliphatic heterocycles. The molecule has 24 heavy (non-hydrogen) atoms. The van der Waals surface area contributed by atoms with E-state index in [1.165, 1.54) is 18.2 Å². The Labute approximate surface area is 142 Å². The minimum atomic E-state index is -0.778. The minimum absolute atomic E-state index is 0.0162. The zero-order chi connectivity index (χ0) is 17.1. The summed E-state index contributed by atoms with van der Waals surface area (Å²) in [6.07, 6.45) is 0.600. The molecule has 9 nitrogen and oxygen atoms in total. The van der Waals surface area contributed by atoms with E-state index in [2.05, 4.69) is 40.6 Å². The molecule has 2 N–H and O–H groups in total. The summed E-state index contributed by atoms with van der Waals surface area (Å²) in [5.41, 5.74) is 5.80. The van der Waals surface area contributed by atoms with Crippen LogP contribution < -0.4 is 16.2 Å². The van der Waals surface area contributed by atoms with E-state index in [9.17, 15) is 9.18 Å². The number of aromatic nitrogens is 4. The Balaban J connectivity index is 2.04. The lowest BCUT2D eigenvalue weighted by Crippen LogP contribution is -2.14. The molecule has 0 saturated carbocycles. The summed E-state index contributed by atoms with van der Waals surface area (Å²) in [4.78, 5) is 12.0. The molecule has 3 aromatic rings. The Hall–Kier alpha value is -2.53. The third-order valence-corrected chi connectivity index (χ3v) is 3.63. The lowest BCUT2D eigenvalue weighted by Gasteiger charge is -2.05. The van der Waals surface area contributed by atoms with Crippen molar-refractivity contribution in [3.05, 3.63) is 39.0 Å². The smallest absolute Gasteiger partial charge is 0.446 e. The maximum Gasteiger partial charge on any atom is 0.446 e. The van der Waals surface area contributed by atoms with E-state index in [-0.39, 0.29) is 21.9 Å². The van der Waals surface area contributed by atoms with Crippen molar-refractivity contribution in [2.24, 2.45) is 5.73 Å². The standard InChI is InChI=1S/C13H11BrFN5O4/c14-8-6-7(2-3-9(8)15)20-11(18-23-13(20)21)10-12(19-24-17-10)22-5-1-4-16/h2-3,6H,1,4-5,16H2. The Morgan fingerprint density at radius 1 is 1.33 bits per heavy atom. The number of ether oxygens (including phenoxy) is 1. The number of hydrogen-bond donors (Lipinski definition) is 1. The zero-order valence-electron chi connectivity index (χ0n) is 12.1. The number of nitrogens with two attached hydrogens (primary N) is 1. The highest BCUT2D eigenvalue weighted by molar-refractivity contribution is 9.10. The molecule has 0 atom stereocenters. The predicted octanol–water partition coefficient (Wildman–Crippen LogP) is 1.50. The van der Waals surface area contributed by atoms with Crippen LogP contribution in [0.5, 0.6) is 5.88 Å². The maximum atomic E-state index is 13.4. The highest BCUT2D eigenvalue weighted by Crippen LogP contribution is 2.27. The van der Waals surface area contributed by atoms with Crippen molar-refractivity contribution in [2.75, 3.05) is 13.2 Å². The van der Waals surface area contributed by atoms with Crippen molar-refractivity contribution in [1.82, 2.24) is 20.0 Å². The first-order valence-electron chi connectivity index (χ1n) is 6.81. The van der Waals surface area contributed by atoms with Gasteiger partial charge >= 0.3 is 5.76 Å². The molecule has 0 saturated heterocycles. The van der Waals surface area contributed by atoms with Gasteiger partial charge in [-0.15, -0.1) is 0 Å². The van der Waals surface area contributed by atoms with Crippen molar-refractivity contribution in [1.29, 1.82) is 0 Å². The summed E-state index contributed by atoms with van der Waals surface area (Å²) >= 11 is 3.06. The third-order valence-electron chi connectivity index (χ3n) is 3.02. The van der Waals surface area contributed by atoms with Gasteiger partial charge in [-0.25, -0.2) is 18.4 Å². The average molecular weight is 400 g/mol. The fourth-order valence-electron chi connectivity index (χ4n) is 1.92. The van der Waals surface area contributed by atoms with Crippen LogP contribution >= 0.6 is 15.9 Å². The van der Waals surface area contributed by atoms with Crippen LogP contribution in [0.2, 0.25) is 0 Å². The highest BCUT2D eigenvalue weighted by atomic mass is 79.9. The van der Waals surface area contributed by atoms with Gasteiger partial charge in [0.05, 0.1) is 16.8 Å². The molecule has 2 aromatic heterocycles. The first-order chi connectivity index (χ1) is 11.6. The fourth-order valence-corrected chi connectivity index (χ4v) is 2.28. The van der Waals surface area contributed by atoms with E-state index < -0.39 is 11.6 Å². The van der Waals surface area contributed by atoms with Crippen LogP contribution in [0.4, 0.5) is 4.39 Å². The molecule has 0 unspecified atom stereocenters. The van der Waals surface area contributed by atoms with E-state index >= 15 is 0 Å². The van der Waals surface area contributed by atoms with Gasteiger partial charge in [0.2, 0.25) is 11.5 Å². The van der Waals surface area contributed by atoms with Crippen LogP contribution in [0.3, 0.4) is 0 Å². The van der Waals surface area contributed by atoms with Crippen LogP contribution in [0.15, 0.2) is 36.6 Å². The molecule has 0 aliphatic carbocycles. The summed E-state index contributed by atoms with van der Waals surface area (Å²) in [5.74, 6) is -1.19. The Morgan fingerprint density at radius 3 is 2.92 bits per heavy atom. The van der Waals surface area contributed by atoms with Gasteiger partial charge in [0, 0.05) is 0 Å². The predicted molar refractivity (Wildman–Crippen MR) is 82.2 cm³/mol.